The van der Waals surface area contributed by atoms with E-state index >= 15 is 0 Å². The highest BCUT2D eigenvalue weighted by atomic mass is 16.2. The summed E-state index contributed by atoms with van der Waals surface area (Å²) in [6.07, 6.45) is 0. The zero-order valence-corrected chi connectivity index (χ0v) is 10.0. The van der Waals surface area contributed by atoms with E-state index in [1.165, 1.54) is 0 Å². The Labute approximate surface area is 103 Å². The Morgan fingerprint density at radius 1 is 0.944 bits per heavy atom. The maximum atomic E-state index is 12.1. The highest BCUT2D eigenvalue weighted by Gasteiger charge is 2.11. The zero-order chi connectivity index (χ0) is 13.3. The van der Waals surface area contributed by atoms with E-state index in [2.05, 4.69) is 4.98 Å². The molecule has 1 aromatic heterocycles. The van der Waals surface area contributed by atoms with Crippen LogP contribution >= 0.6 is 0 Å². The molecule has 0 bridgehead atoms. The molecule has 0 aliphatic carbocycles. The van der Waals surface area contributed by atoms with E-state index in [1.807, 2.05) is 24.9 Å². The van der Waals surface area contributed by atoms with Crippen LogP contribution in [-0.2, 0) is 0 Å². The van der Waals surface area contributed by atoms with E-state index in [4.69, 9.17) is 0 Å². The van der Waals surface area contributed by atoms with Crippen molar-refractivity contribution >= 4 is 5.78 Å². The molecule has 18 heavy (non-hydrogen) atoms. The number of hydrogen-bond donors (Lipinski definition) is 2. The summed E-state index contributed by atoms with van der Waals surface area (Å²) in [5.41, 5.74) is 1.07. The molecule has 0 saturated carbocycles. The second-order valence-corrected chi connectivity index (χ2v) is 4.21. The van der Waals surface area contributed by atoms with Crippen molar-refractivity contribution in [2.45, 2.75) is 13.8 Å². The molecule has 0 amide bonds. The van der Waals surface area contributed by atoms with Crippen LogP contribution in [0.25, 0.3) is 0 Å². The van der Waals surface area contributed by atoms with Crippen LogP contribution in [0.2, 0.25) is 0 Å². The number of carbonyl (C=O) groups excluding carboxylic acids is 1. The summed E-state index contributed by atoms with van der Waals surface area (Å²) in [6, 6.07) is 6.46. The summed E-state index contributed by atoms with van der Waals surface area (Å²) in [7, 11) is 0. The number of nitrogens with one attached hydrogen (secondary N) is 2. The van der Waals surface area contributed by atoms with Crippen molar-refractivity contribution in [3.05, 3.63) is 67.5 Å². The number of H-pyrrole nitrogens is 2. The molecule has 5 heteroatoms. The first-order chi connectivity index (χ1) is 8.45. The van der Waals surface area contributed by atoms with Gasteiger partial charge >= 0.3 is 5.69 Å². The Morgan fingerprint density at radius 2 is 1.56 bits per heavy atom. The van der Waals surface area contributed by atoms with Gasteiger partial charge in [-0.1, -0.05) is 17.2 Å². The third kappa shape index (κ3) is 2.45. The van der Waals surface area contributed by atoms with Crippen LogP contribution in [0, 0.1) is 13.8 Å². The van der Waals surface area contributed by atoms with Crippen LogP contribution in [0.3, 0.4) is 0 Å². The molecule has 2 rings (SSSR count). The van der Waals surface area contributed by atoms with Crippen LogP contribution in [0.1, 0.15) is 27.2 Å². The number of aryl methyl sites for hydroxylation is 2. The molecule has 92 valence electrons. The van der Waals surface area contributed by atoms with Gasteiger partial charge in [-0.25, -0.2) is 4.79 Å². The van der Waals surface area contributed by atoms with Crippen LogP contribution in [0.4, 0.5) is 0 Å². The van der Waals surface area contributed by atoms with Gasteiger partial charge in [0.1, 0.15) is 0 Å². The van der Waals surface area contributed by atoms with Gasteiger partial charge in [0.25, 0.3) is 5.56 Å². The van der Waals surface area contributed by atoms with E-state index in [-0.39, 0.29) is 11.5 Å². The summed E-state index contributed by atoms with van der Waals surface area (Å²) in [6.45, 7) is 3.76. The van der Waals surface area contributed by atoms with Gasteiger partial charge in [-0.3, -0.25) is 14.6 Å². The molecule has 0 aliphatic heterocycles. The molecular formula is C13H12N2O3. The minimum Gasteiger partial charge on any atom is -0.304 e. The van der Waals surface area contributed by atoms with Gasteiger partial charge in [0.15, 0.2) is 0 Å². The highest BCUT2D eigenvalue weighted by Crippen LogP contribution is 2.11. The summed E-state index contributed by atoms with van der Waals surface area (Å²) < 4.78 is 0. The Bertz CT molecular complexity index is 677. The molecule has 0 saturated heterocycles. The van der Waals surface area contributed by atoms with Crippen molar-refractivity contribution in [1.29, 1.82) is 0 Å². The highest BCUT2D eigenvalue weighted by molar-refractivity contribution is 6.07. The summed E-state index contributed by atoms with van der Waals surface area (Å²) >= 11 is 0. The SMILES string of the molecule is Cc1cc(C)cc(C(=O)c2cc(=O)[nH]c(=O)[nH]2)c1. The first kappa shape index (κ1) is 12.0. The molecule has 5 nitrogen and oxygen atoms in total. The first-order valence-electron chi connectivity index (χ1n) is 5.42. The lowest BCUT2D eigenvalue weighted by atomic mass is 10.0. The second-order valence-electron chi connectivity index (χ2n) is 4.21. The van der Waals surface area contributed by atoms with E-state index in [9.17, 15) is 14.4 Å². The average molecular weight is 244 g/mol. The molecule has 1 aromatic carbocycles. The Hall–Kier alpha value is -2.43. The third-order valence-electron chi connectivity index (χ3n) is 2.49. The molecule has 2 aromatic rings. The van der Waals surface area contributed by atoms with Crippen LogP contribution in [-0.4, -0.2) is 15.8 Å². The zero-order valence-electron chi connectivity index (χ0n) is 10.0. The maximum Gasteiger partial charge on any atom is 0.326 e. The largest absolute Gasteiger partial charge is 0.326 e. The topological polar surface area (TPSA) is 82.8 Å². The van der Waals surface area contributed by atoms with Crippen LogP contribution in [0.5, 0.6) is 0 Å². The lowest BCUT2D eigenvalue weighted by Gasteiger charge is -2.03. The molecule has 0 atom stereocenters. The van der Waals surface area contributed by atoms with Gasteiger partial charge in [0, 0.05) is 11.6 Å². The average Bonchev–Trinajstić information content (AvgIpc) is 2.25. The van der Waals surface area contributed by atoms with Crippen molar-refractivity contribution in [2.24, 2.45) is 0 Å². The quantitative estimate of drug-likeness (QED) is 0.770. The lowest BCUT2D eigenvalue weighted by Crippen LogP contribution is -2.25. The Balaban J connectivity index is 2.54. The fourth-order valence-electron chi connectivity index (χ4n) is 1.85. The van der Waals surface area contributed by atoms with E-state index in [0.29, 0.717) is 5.56 Å². The molecule has 0 aliphatic rings. The van der Waals surface area contributed by atoms with Crippen molar-refractivity contribution in [2.75, 3.05) is 0 Å². The molecule has 0 unspecified atom stereocenters. The normalized spacial score (nSPS) is 10.3. The standard InChI is InChI=1S/C13H12N2O3/c1-7-3-8(2)5-9(4-7)12(17)10-6-11(16)15-13(18)14-10/h3-6H,1-2H3,(H2,14,15,16,18). The van der Waals surface area contributed by atoms with Crippen molar-refractivity contribution < 1.29 is 4.79 Å². The first-order valence-corrected chi connectivity index (χ1v) is 5.42. The molecule has 0 spiro atoms. The van der Waals surface area contributed by atoms with Gasteiger partial charge < -0.3 is 4.98 Å². The van der Waals surface area contributed by atoms with Crippen LogP contribution < -0.4 is 11.2 Å². The maximum absolute atomic E-state index is 12.1. The van der Waals surface area contributed by atoms with Crippen molar-refractivity contribution in [3.63, 3.8) is 0 Å². The number of rotatable bonds is 2. The number of hydrogen-bond acceptors (Lipinski definition) is 3. The second kappa shape index (κ2) is 4.44. The van der Waals surface area contributed by atoms with Gasteiger partial charge in [-0.15, -0.1) is 0 Å². The minimum absolute atomic E-state index is 0.00579. The Morgan fingerprint density at radius 3 is 2.11 bits per heavy atom. The summed E-state index contributed by atoms with van der Waals surface area (Å²) in [5.74, 6) is -0.370. The van der Waals surface area contributed by atoms with E-state index in [1.54, 1.807) is 12.1 Å². The van der Waals surface area contributed by atoms with Gasteiger partial charge in [-0.05, 0) is 26.0 Å². The fourth-order valence-corrected chi connectivity index (χ4v) is 1.85. The molecule has 0 radical (unpaired) electrons. The minimum atomic E-state index is -0.685. The van der Waals surface area contributed by atoms with Crippen LogP contribution in [0.15, 0.2) is 33.9 Å². The monoisotopic (exact) mass is 244 g/mol. The fraction of sp³-hybridized carbons (Fsp3) is 0.154. The lowest BCUT2D eigenvalue weighted by molar-refractivity contribution is 0.103. The predicted octanol–water partition coefficient (Wildman–Crippen LogP) is 0.911. The van der Waals surface area contributed by atoms with Crippen molar-refractivity contribution in [1.82, 2.24) is 9.97 Å². The molecular weight excluding hydrogens is 232 g/mol. The van der Waals surface area contributed by atoms with Gasteiger partial charge in [-0.2, -0.15) is 0 Å². The molecule has 0 fully saturated rings. The number of ketones is 1. The number of aromatic nitrogens is 2. The van der Waals surface area contributed by atoms with E-state index in [0.717, 1.165) is 17.2 Å². The smallest absolute Gasteiger partial charge is 0.304 e. The summed E-state index contributed by atoms with van der Waals surface area (Å²) in [4.78, 5) is 38.7. The Kier molecular flexibility index (Phi) is 2.97. The number of carbonyl (C=O) groups is 1. The van der Waals surface area contributed by atoms with Gasteiger partial charge in [0.05, 0.1) is 5.69 Å². The number of benzene rings is 1. The number of aromatic amines is 2. The molecule has 1 heterocycles. The van der Waals surface area contributed by atoms with Gasteiger partial charge in [0.2, 0.25) is 5.78 Å². The third-order valence-corrected chi connectivity index (χ3v) is 2.49. The van der Waals surface area contributed by atoms with Crippen molar-refractivity contribution in [3.8, 4) is 0 Å². The molecule has 2 N–H and O–H groups in total. The summed E-state index contributed by atoms with van der Waals surface area (Å²) in [5, 5.41) is 0. The van der Waals surface area contributed by atoms with E-state index < -0.39 is 11.2 Å². The predicted molar refractivity (Wildman–Crippen MR) is 67.0 cm³/mol.